The van der Waals surface area contributed by atoms with Gasteiger partial charge < -0.3 is 19.1 Å². The third-order valence-electron chi connectivity index (χ3n) is 7.80. The third-order valence-corrected chi connectivity index (χ3v) is 9.09. The quantitative estimate of drug-likeness (QED) is 0.174. The number of rotatable bonds is 9. The monoisotopic (exact) mass is 682 g/mol. The van der Waals surface area contributed by atoms with Crippen molar-refractivity contribution in [3.05, 3.63) is 106 Å². The van der Waals surface area contributed by atoms with Crippen LogP contribution in [-0.2, 0) is 21.8 Å². The summed E-state index contributed by atoms with van der Waals surface area (Å²) in [6.45, 7) is 7.66. The Kier molecular flexibility index (Phi) is 9.52. The van der Waals surface area contributed by atoms with Crippen molar-refractivity contribution in [2.75, 3.05) is 49.6 Å². The third kappa shape index (κ3) is 7.17. The number of benzene rings is 3. The summed E-state index contributed by atoms with van der Waals surface area (Å²) in [6.07, 6.45) is 1.57. The molecule has 0 bridgehead atoms. The lowest BCUT2D eigenvalue weighted by molar-refractivity contribution is -0.159. The molecule has 2 fully saturated rings. The van der Waals surface area contributed by atoms with E-state index >= 15 is 0 Å². The molecule has 0 saturated carbocycles. The highest BCUT2D eigenvalue weighted by Gasteiger charge is 2.44. The molecule has 224 valence electrons. The minimum Gasteiger partial charge on any atom is -0.491 e. The van der Waals surface area contributed by atoms with Crippen LogP contribution in [0.25, 0.3) is 11.4 Å². The standard InChI is InChI=1S/C33H33BrCl2N4O3/c1-23-12-13-37-32(38-23)25-4-2-24(3-5-25)19-39-14-16-40(17-15-39)27-7-9-28(10-8-27)41-20-29-21-42-33(22-34,43-29)30-11-6-26(35)18-31(30)36/h2-13,18,29H,14-17,19-22H2,1H3. The molecular formula is C33H33BrCl2N4O3. The summed E-state index contributed by atoms with van der Waals surface area (Å²) < 4.78 is 18.4. The molecule has 6 rings (SSSR count). The summed E-state index contributed by atoms with van der Waals surface area (Å²) in [5.41, 5.74) is 5.26. The van der Waals surface area contributed by atoms with Crippen LogP contribution in [0.2, 0.25) is 10.0 Å². The van der Waals surface area contributed by atoms with Crippen LogP contribution in [-0.4, -0.2) is 65.7 Å². The first-order valence-electron chi connectivity index (χ1n) is 14.3. The molecule has 0 aliphatic carbocycles. The van der Waals surface area contributed by atoms with Gasteiger partial charge in [0, 0.05) is 66.5 Å². The molecule has 2 atom stereocenters. The molecule has 1 aromatic heterocycles. The lowest BCUT2D eigenvalue weighted by atomic mass is 10.1. The van der Waals surface area contributed by atoms with Crippen molar-refractivity contribution >= 4 is 44.8 Å². The van der Waals surface area contributed by atoms with Gasteiger partial charge in [-0.05, 0) is 55.0 Å². The van der Waals surface area contributed by atoms with Crippen LogP contribution in [0.5, 0.6) is 5.75 Å². The highest BCUT2D eigenvalue weighted by molar-refractivity contribution is 9.09. The normalized spacial score (nSPS) is 20.8. The second-order valence-electron chi connectivity index (χ2n) is 10.8. The molecule has 2 aliphatic rings. The maximum atomic E-state index is 6.44. The van der Waals surface area contributed by atoms with Crippen LogP contribution in [0.3, 0.4) is 0 Å². The highest BCUT2D eigenvalue weighted by atomic mass is 79.9. The Labute approximate surface area is 270 Å². The van der Waals surface area contributed by atoms with Crippen LogP contribution in [0, 0.1) is 6.92 Å². The molecule has 0 N–H and O–H groups in total. The van der Waals surface area contributed by atoms with Crippen molar-refractivity contribution in [1.82, 2.24) is 14.9 Å². The van der Waals surface area contributed by atoms with Crippen molar-refractivity contribution in [1.29, 1.82) is 0 Å². The van der Waals surface area contributed by atoms with Gasteiger partial charge in [0.2, 0.25) is 5.79 Å². The molecule has 43 heavy (non-hydrogen) atoms. The summed E-state index contributed by atoms with van der Waals surface area (Å²) in [5, 5.41) is 1.51. The fraction of sp³-hybridized carbons (Fsp3) is 0.333. The molecule has 0 amide bonds. The summed E-state index contributed by atoms with van der Waals surface area (Å²) in [7, 11) is 0. The summed E-state index contributed by atoms with van der Waals surface area (Å²) >= 11 is 16.0. The molecule has 0 radical (unpaired) electrons. The van der Waals surface area contributed by atoms with E-state index in [0.717, 1.165) is 61.1 Å². The van der Waals surface area contributed by atoms with E-state index in [1.807, 2.05) is 37.4 Å². The van der Waals surface area contributed by atoms with Crippen LogP contribution in [0.1, 0.15) is 16.8 Å². The Morgan fingerprint density at radius 2 is 1.74 bits per heavy atom. The van der Waals surface area contributed by atoms with Crippen molar-refractivity contribution in [3.63, 3.8) is 0 Å². The topological polar surface area (TPSA) is 60.0 Å². The zero-order chi connectivity index (χ0) is 29.8. The smallest absolute Gasteiger partial charge is 0.206 e. The number of alkyl halides is 1. The number of aryl methyl sites for hydroxylation is 1. The van der Waals surface area contributed by atoms with Gasteiger partial charge in [0.25, 0.3) is 0 Å². The summed E-state index contributed by atoms with van der Waals surface area (Å²) in [4.78, 5) is 13.8. The van der Waals surface area contributed by atoms with Gasteiger partial charge in [-0.2, -0.15) is 0 Å². The van der Waals surface area contributed by atoms with E-state index in [1.54, 1.807) is 12.1 Å². The van der Waals surface area contributed by atoms with Gasteiger partial charge in [-0.15, -0.1) is 0 Å². The average Bonchev–Trinajstić information content (AvgIpc) is 3.45. The molecule has 3 heterocycles. The second-order valence-corrected chi connectivity index (χ2v) is 12.3. The maximum Gasteiger partial charge on any atom is 0.206 e. The number of anilines is 1. The van der Waals surface area contributed by atoms with Gasteiger partial charge in [0.1, 0.15) is 18.5 Å². The first kappa shape index (κ1) is 30.3. The number of hydrogen-bond donors (Lipinski definition) is 0. The van der Waals surface area contributed by atoms with Crippen molar-refractivity contribution in [2.24, 2.45) is 0 Å². The van der Waals surface area contributed by atoms with Gasteiger partial charge in [-0.1, -0.05) is 69.5 Å². The molecule has 2 aliphatic heterocycles. The van der Waals surface area contributed by atoms with Crippen LogP contribution >= 0.6 is 39.1 Å². The number of aromatic nitrogens is 2. The predicted molar refractivity (Wildman–Crippen MR) is 174 cm³/mol. The van der Waals surface area contributed by atoms with E-state index in [0.29, 0.717) is 28.6 Å². The number of nitrogens with zero attached hydrogens (tertiary/aromatic N) is 4. The van der Waals surface area contributed by atoms with Crippen LogP contribution in [0.15, 0.2) is 79.0 Å². The summed E-state index contributed by atoms with van der Waals surface area (Å²) in [6, 6.07) is 24.1. The largest absolute Gasteiger partial charge is 0.491 e. The van der Waals surface area contributed by atoms with Crippen molar-refractivity contribution < 1.29 is 14.2 Å². The van der Waals surface area contributed by atoms with Crippen molar-refractivity contribution in [2.45, 2.75) is 25.4 Å². The molecular weight excluding hydrogens is 651 g/mol. The molecule has 3 aromatic carbocycles. The lowest BCUT2D eigenvalue weighted by Crippen LogP contribution is -2.45. The Morgan fingerprint density at radius 3 is 2.44 bits per heavy atom. The zero-order valence-electron chi connectivity index (χ0n) is 23.9. The highest BCUT2D eigenvalue weighted by Crippen LogP contribution is 2.40. The molecule has 7 nitrogen and oxygen atoms in total. The number of halogens is 3. The molecule has 2 unspecified atom stereocenters. The number of hydrogen-bond acceptors (Lipinski definition) is 7. The first-order chi connectivity index (χ1) is 20.9. The molecule has 10 heteroatoms. The van der Waals surface area contributed by atoms with Gasteiger partial charge >= 0.3 is 0 Å². The van der Waals surface area contributed by atoms with E-state index < -0.39 is 5.79 Å². The minimum atomic E-state index is -0.971. The molecule has 2 saturated heterocycles. The van der Waals surface area contributed by atoms with Crippen LogP contribution < -0.4 is 9.64 Å². The minimum absolute atomic E-state index is 0.232. The number of ether oxygens (including phenoxy) is 3. The lowest BCUT2D eigenvalue weighted by Gasteiger charge is -2.36. The predicted octanol–water partition coefficient (Wildman–Crippen LogP) is 7.12. The van der Waals surface area contributed by atoms with E-state index in [1.165, 1.54) is 11.3 Å². The van der Waals surface area contributed by atoms with Gasteiger partial charge in [-0.25, -0.2) is 9.97 Å². The fourth-order valence-corrected chi connectivity index (χ4v) is 6.59. The maximum absolute atomic E-state index is 6.44. The van der Waals surface area contributed by atoms with E-state index in [4.69, 9.17) is 37.4 Å². The Balaban J connectivity index is 0.969. The number of piperazine rings is 1. The van der Waals surface area contributed by atoms with Gasteiger partial charge in [0.15, 0.2) is 5.82 Å². The molecule has 0 spiro atoms. The summed E-state index contributed by atoms with van der Waals surface area (Å²) in [5.74, 6) is 0.599. The molecule has 4 aromatic rings. The van der Waals surface area contributed by atoms with E-state index in [9.17, 15) is 0 Å². The Morgan fingerprint density at radius 1 is 0.977 bits per heavy atom. The fourth-order valence-electron chi connectivity index (χ4n) is 5.44. The SMILES string of the molecule is Cc1ccnc(-c2ccc(CN3CCN(c4ccc(OCC5COC(CBr)(c6ccc(Cl)cc6Cl)O5)cc4)CC3)cc2)n1. The van der Waals surface area contributed by atoms with E-state index in [-0.39, 0.29) is 6.10 Å². The van der Waals surface area contributed by atoms with Crippen molar-refractivity contribution in [3.8, 4) is 17.1 Å². The average molecular weight is 684 g/mol. The second kappa shape index (κ2) is 13.5. The van der Waals surface area contributed by atoms with Gasteiger partial charge in [0.05, 0.1) is 17.0 Å². The van der Waals surface area contributed by atoms with E-state index in [2.05, 4.69) is 72.1 Å². The zero-order valence-corrected chi connectivity index (χ0v) is 27.0. The van der Waals surface area contributed by atoms with Crippen LogP contribution in [0.4, 0.5) is 5.69 Å². The van der Waals surface area contributed by atoms with Gasteiger partial charge in [-0.3, -0.25) is 4.90 Å². The Hall–Kier alpha value is -2.72. The Bertz CT molecular complexity index is 1530. The first-order valence-corrected chi connectivity index (χ1v) is 16.2.